The van der Waals surface area contributed by atoms with Crippen molar-refractivity contribution in [2.45, 2.75) is 13.0 Å². The Morgan fingerprint density at radius 2 is 2.42 bits per heavy atom. The third-order valence-corrected chi connectivity index (χ3v) is 1.44. The molecule has 0 saturated carbocycles. The van der Waals surface area contributed by atoms with Gasteiger partial charge in [0.2, 0.25) is 0 Å². The molecule has 1 heterocycles. The van der Waals surface area contributed by atoms with E-state index in [2.05, 4.69) is 5.32 Å². The molecule has 72 valence electrons. The van der Waals surface area contributed by atoms with Crippen LogP contribution < -0.4 is 5.32 Å². The van der Waals surface area contributed by atoms with E-state index in [9.17, 15) is 4.79 Å². The topological polar surface area (TPSA) is 61.8 Å². The highest BCUT2D eigenvalue weighted by atomic mass is 35.5. The number of hydrogen-bond donors (Lipinski definition) is 2. The molecule has 1 rings (SSSR count). The summed E-state index contributed by atoms with van der Waals surface area (Å²) in [5.74, 6) is 0. The second-order valence-electron chi connectivity index (χ2n) is 2.50. The largest absolute Gasteiger partial charge is 0.463 e. The third-order valence-electron chi connectivity index (χ3n) is 1.44. The molecule has 0 aromatic carbocycles. The molecule has 0 aliphatic carbocycles. The monoisotopic (exact) mass is 196 g/mol. The molecule has 0 unspecified atom stereocenters. The highest BCUT2D eigenvalue weighted by Gasteiger charge is 2.18. The summed E-state index contributed by atoms with van der Waals surface area (Å²) in [6, 6.07) is 0. The Morgan fingerprint density at radius 1 is 1.75 bits per heavy atom. The van der Waals surface area contributed by atoms with Crippen LogP contribution in [0.15, 0.2) is 0 Å². The van der Waals surface area contributed by atoms with Gasteiger partial charge in [0, 0.05) is 13.1 Å². The van der Waals surface area contributed by atoms with Crippen LogP contribution in [0.25, 0.3) is 0 Å². The molecule has 1 saturated heterocycles. The zero-order valence-electron chi connectivity index (χ0n) is 6.82. The molecule has 1 amide bonds. The first-order valence-electron chi connectivity index (χ1n) is 3.58. The molecule has 0 bridgehead atoms. The number of carbonyl (C=O) groups is 1. The fourth-order valence-electron chi connectivity index (χ4n) is 0.934. The average Bonchev–Trinajstić information content (AvgIpc) is 2.13. The summed E-state index contributed by atoms with van der Waals surface area (Å²) in [4.78, 5) is 15.5. The van der Waals surface area contributed by atoms with Crippen LogP contribution in [0, 0.1) is 0 Å². The number of nitrogens with one attached hydrogen (secondary N) is 1. The second-order valence-corrected chi connectivity index (χ2v) is 2.50. The van der Waals surface area contributed by atoms with Gasteiger partial charge in [0.15, 0.2) is 0 Å². The first-order chi connectivity index (χ1) is 5.20. The maximum atomic E-state index is 10.4. The van der Waals surface area contributed by atoms with Crippen molar-refractivity contribution in [3.63, 3.8) is 0 Å². The summed E-state index contributed by atoms with van der Waals surface area (Å²) >= 11 is 0. The second kappa shape index (κ2) is 5.18. The van der Waals surface area contributed by atoms with E-state index in [-0.39, 0.29) is 18.5 Å². The third kappa shape index (κ3) is 3.25. The van der Waals surface area contributed by atoms with Gasteiger partial charge < -0.3 is 10.4 Å². The first-order valence-corrected chi connectivity index (χ1v) is 3.58. The van der Waals surface area contributed by atoms with Gasteiger partial charge in [-0.3, -0.25) is 4.84 Å². The molecule has 12 heavy (non-hydrogen) atoms. The minimum atomic E-state index is -1.03. The fourth-order valence-corrected chi connectivity index (χ4v) is 0.934. The quantitative estimate of drug-likeness (QED) is 0.586. The van der Waals surface area contributed by atoms with E-state index in [0.717, 1.165) is 5.06 Å². The first kappa shape index (κ1) is 11.5. The molecule has 5 nitrogen and oxygen atoms in total. The number of hydrogen-bond acceptors (Lipinski definition) is 3. The zero-order chi connectivity index (χ0) is 8.27. The van der Waals surface area contributed by atoms with Crippen LogP contribution in [0.3, 0.4) is 0 Å². The van der Waals surface area contributed by atoms with Gasteiger partial charge in [-0.2, -0.15) is 5.06 Å². The summed E-state index contributed by atoms with van der Waals surface area (Å²) in [5.41, 5.74) is 0. The van der Waals surface area contributed by atoms with E-state index in [1.54, 1.807) is 0 Å². The Kier molecular flexibility index (Phi) is 4.96. The molecular formula is C6H13ClN2O3. The standard InChI is InChI=1S/C6H12N2O3.ClH/c1-5-4-7-2-3-8(11-5)6(9)10;/h5,7H,2-4H2,1H3,(H,9,10);1H/t5-;/m0./s1. The van der Waals surface area contributed by atoms with Gasteiger partial charge in [-0.25, -0.2) is 4.79 Å². The number of nitrogens with zero attached hydrogens (tertiary/aromatic N) is 1. The Hall–Kier alpha value is -0.520. The maximum absolute atomic E-state index is 10.4. The predicted octanol–water partition coefficient (Wildman–Crippen LogP) is 0.311. The maximum Gasteiger partial charge on any atom is 0.431 e. The van der Waals surface area contributed by atoms with E-state index >= 15 is 0 Å². The van der Waals surface area contributed by atoms with Crippen molar-refractivity contribution in [2.75, 3.05) is 19.6 Å². The lowest BCUT2D eigenvalue weighted by Crippen LogP contribution is -2.33. The molecule has 1 fully saturated rings. The molecule has 0 aromatic heterocycles. The van der Waals surface area contributed by atoms with Gasteiger partial charge in [-0.15, -0.1) is 12.4 Å². The summed E-state index contributed by atoms with van der Waals surface area (Å²) in [7, 11) is 0. The van der Waals surface area contributed by atoms with Crippen molar-refractivity contribution in [1.82, 2.24) is 10.4 Å². The lowest BCUT2D eigenvalue weighted by atomic mass is 10.4. The molecule has 0 aromatic rings. The molecule has 0 radical (unpaired) electrons. The molecule has 1 atom stereocenters. The molecule has 2 N–H and O–H groups in total. The fraction of sp³-hybridized carbons (Fsp3) is 0.833. The van der Waals surface area contributed by atoms with Crippen LogP contribution in [0.4, 0.5) is 4.79 Å². The number of hydroxylamine groups is 2. The van der Waals surface area contributed by atoms with Gasteiger partial charge in [-0.05, 0) is 6.92 Å². The van der Waals surface area contributed by atoms with E-state index in [1.165, 1.54) is 0 Å². The van der Waals surface area contributed by atoms with Gasteiger partial charge in [-0.1, -0.05) is 0 Å². The number of carboxylic acid groups (broad SMARTS) is 1. The van der Waals surface area contributed by atoms with Crippen LogP contribution in [-0.4, -0.2) is 42.0 Å². The van der Waals surface area contributed by atoms with Crippen molar-refractivity contribution in [2.24, 2.45) is 0 Å². The van der Waals surface area contributed by atoms with Gasteiger partial charge in [0.05, 0.1) is 12.6 Å². The van der Waals surface area contributed by atoms with Crippen molar-refractivity contribution in [3.05, 3.63) is 0 Å². The van der Waals surface area contributed by atoms with E-state index in [4.69, 9.17) is 9.94 Å². The van der Waals surface area contributed by atoms with Gasteiger partial charge >= 0.3 is 6.09 Å². The predicted molar refractivity (Wildman–Crippen MR) is 45.4 cm³/mol. The van der Waals surface area contributed by atoms with E-state index < -0.39 is 6.09 Å². The highest BCUT2D eigenvalue weighted by molar-refractivity contribution is 5.85. The average molecular weight is 197 g/mol. The molecule has 1 aliphatic rings. The molecule has 0 spiro atoms. The van der Waals surface area contributed by atoms with Crippen molar-refractivity contribution < 1.29 is 14.7 Å². The van der Waals surface area contributed by atoms with E-state index in [1.807, 2.05) is 6.92 Å². The molecule has 6 heteroatoms. The number of rotatable bonds is 0. The van der Waals surface area contributed by atoms with Gasteiger partial charge in [0.1, 0.15) is 0 Å². The van der Waals surface area contributed by atoms with Crippen molar-refractivity contribution >= 4 is 18.5 Å². The molecular weight excluding hydrogens is 184 g/mol. The summed E-state index contributed by atoms with van der Waals surface area (Å²) in [6.45, 7) is 3.56. The SMILES string of the molecule is C[C@H]1CNCCN(C(=O)O)O1.Cl. The van der Waals surface area contributed by atoms with Crippen molar-refractivity contribution in [1.29, 1.82) is 0 Å². The van der Waals surface area contributed by atoms with Crippen LogP contribution in [0.5, 0.6) is 0 Å². The Morgan fingerprint density at radius 3 is 3.00 bits per heavy atom. The lowest BCUT2D eigenvalue weighted by molar-refractivity contribution is -0.153. The van der Waals surface area contributed by atoms with Crippen LogP contribution in [0.2, 0.25) is 0 Å². The van der Waals surface area contributed by atoms with Crippen LogP contribution in [0.1, 0.15) is 6.92 Å². The molecule has 1 aliphatic heterocycles. The van der Waals surface area contributed by atoms with Crippen LogP contribution >= 0.6 is 12.4 Å². The van der Waals surface area contributed by atoms with Gasteiger partial charge in [0.25, 0.3) is 0 Å². The Bertz CT molecular complexity index is 156. The zero-order valence-corrected chi connectivity index (χ0v) is 7.63. The Labute approximate surface area is 77.0 Å². The minimum absolute atomic E-state index is 0. The van der Waals surface area contributed by atoms with Crippen molar-refractivity contribution in [3.8, 4) is 0 Å². The minimum Gasteiger partial charge on any atom is -0.463 e. The number of amides is 1. The highest BCUT2D eigenvalue weighted by Crippen LogP contribution is 1.99. The van der Waals surface area contributed by atoms with E-state index in [0.29, 0.717) is 19.6 Å². The Balaban J connectivity index is 0.00000121. The summed E-state index contributed by atoms with van der Waals surface area (Å²) in [5, 5.41) is 12.6. The summed E-state index contributed by atoms with van der Waals surface area (Å²) in [6.07, 6.45) is -1.10. The lowest BCUT2D eigenvalue weighted by Gasteiger charge is -2.17. The summed E-state index contributed by atoms with van der Waals surface area (Å²) < 4.78 is 0. The van der Waals surface area contributed by atoms with Crippen LogP contribution in [-0.2, 0) is 4.84 Å². The number of halogens is 1. The smallest absolute Gasteiger partial charge is 0.431 e. The normalized spacial score (nSPS) is 24.1.